The van der Waals surface area contributed by atoms with Crippen molar-refractivity contribution in [1.29, 1.82) is 0 Å². The highest BCUT2D eigenvalue weighted by Crippen LogP contribution is 1.87. The second kappa shape index (κ2) is 10.4. The highest BCUT2D eigenvalue weighted by Gasteiger charge is 1.76. The molecule has 2 aliphatic rings. The fraction of sp³-hybridized carbons (Fsp3) is 0.143. The van der Waals surface area contributed by atoms with Crippen LogP contribution in [0.1, 0.15) is 0 Å². The predicted molar refractivity (Wildman–Crippen MR) is 67.2 cm³/mol. The van der Waals surface area contributed by atoms with E-state index in [0.717, 1.165) is 13.2 Å². The minimum Gasteiger partial charge on any atom is -0.497 e. The van der Waals surface area contributed by atoms with Gasteiger partial charge >= 0.3 is 0 Å². The molecule has 3 heterocycles. The van der Waals surface area contributed by atoms with Gasteiger partial charge in [0.15, 0.2) is 0 Å². The van der Waals surface area contributed by atoms with Crippen molar-refractivity contribution in [2.24, 2.45) is 0 Å². The SMILES string of the molecule is C1=CCOC=C1.C1=CCOC=C1.c1ccoc1. The first kappa shape index (κ1) is 12.9. The summed E-state index contributed by atoms with van der Waals surface area (Å²) in [5.41, 5.74) is 0. The number of hydrogen-bond acceptors (Lipinski definition) is 3. The molecular weight excluding hydrogens is 216 g/mol. The third-order valence-electron chi connectivity index (χ3n) is 1.65. The third kappa shape index (κ3) is 8.81. The lowest BCUT2D eigenvalue weighted by Gasteiger charge is -1.94. The molecule has 1 aromatic heterocycles. The molecule has 0 spiro atoms. The van der Waals surface area contributed by atoms with Crippen molar-refractivity contribution in [1.82, 2.24) is 0 Å². The lowest BCUT2D eigenvalue weighted by atomic mass is 10.5. The largest absolute Gasteiger partial charge is 0.497 e. The quantitative estimate of drug-likeness (QED) is 0.686. The van der Waals surface area contributed by atoms with Gasteiger partial charge in [-0.2, -0.15) is 0 Å². The molecule has 2 aliphatic heterocycles. The molecule has 1 aromatic rings. The van der Waals surface area contributed by atoms with Crippen molar-refractivity contribution in [2.75, 3.05) is 13.2 Å². The molecule has 3 rings (SSSR count). The van der Waals surface area contributed by atoms with Crippen LogP contribution >= 0.6 is 0 Å². The lowest BCUT2D eigenvalue weighted by Crippen LogP contribution is -1.82. The average molecular weight is 232 g/mol. The molecule has 0 atom stereocenters. The molecule has 0 unspecified atom stereocenters. The summed E-state index contributed by atoms with van der Waals surface area (Å²) in [5, 5.41) is 0. The van der Waals surface area contributed by atoms with Crippen LogP contribution in [0.25, 0.3) is 0 Å². The average Bonchev–Trinajstić information content (AvgIpc) is 3.03. The van der Waals surface area contributed by atoms with Crippen LogP contribution in [0.2, 0.25) is 0 Å². The Hall–Kier alpha value is -2.16. The van der Waals surface area contributed by atoms with Crippen molar-refractivity contribution in [3.05, 3.63) is 73.6 Å². The van der Waals surface area contributed by atoms with Crippen LogP contribution in [-0.4, -0.2) is 13.2 Å². The standard InChI is InChI=1S/2C5H6O.C4H4O/c2*1-2-4-6-5-3-1;1-2-4-5-3-1/h2*1-4H,5H2;1-4H. The molecule has 0 aliphatic carbocycles. The Morgan fingerprint density at radius 1 is 0.647 bits per heavy atom. The van der Waals surface area contributed by atoms with E-state index in [2.05, 4.69) is 4.42 Å². The Morgan fingerprint density at radius 2 is 1.18 bits per heavy atom. The second-order valence-corrected chi connectivity index (χ2v) is 2.97. The first-order valence-electron chi connectivity index (χ1n) is 5.34. The summed E-state index contributed by atoms with van der Waals surface area (Å²) in [4.78, 5) is 0. The molecule has 90 valence electrons. The molecule has 3 nitrogen and oxygen atoms in total. The first-order chi connectivity index (χ1) is 8.50. The van der Waals surface area contributed by atoms with Gasteiger partial charge in [0.2, 0.25) is 0 Å². The fourth-order valence-corrected chi connectivity index (χ4v) is 0.919. The second-order valence-electron chi connectivity index (χ2n) is 2.97. The van der Waals surface area contributed by atoms with E-state index in [-0.39, 0.29) is 0 Å². The molecular formula is C14H16O3. The summed E-state index contributed by atoms with van der Waals surface area (Å²) in [6, 6.07) is 3.67. The van der Waals surface area contributed by atoms with E-state index < -0.39 is 0 Å². The molecule has 0 bridgehead atoms. The Balaban J connectivity index is 0.000000128. The first-order valence-corrected chi connectivity index (χ1v) is 5.34. The highest BCUT2D eigenvalue weighted by atomic mass is 16.5. The van der Waals surface area contributed by atoms with E-state index in [1.807, 2.05) is 48.6 Å². The van der Waals surface area contributed by atoms with Crippen LogP contribution in [0, 0.1) is 0 Å². The van der Waals surface area contributed by atoms with Crippen LogP contribution in [0.4, 0.5) is 0 Å². The molecule has 0 radical (unpaired) electrons. The van der Waals surface area contributed by atoms with Crippen LogP contribution in [-0.2, 0) is 9.47 Å². The molecule has 0 saturated carbocycles. The van der Waals surface area contributed by atoms with Crippen molar-refractivity contribution in [2.45, 2.75) is 0 Å². The Bertz CT molecular complexity index is 294. The minimum absolute atomic E-state index is 0.733. The summed E-state index contributed by atoms with van der Waals surface area (Å²) in [5.74, 6) is 0. The van der Waals surface area contributed by atoms with Gasteiger partial charge in [0.05, 0.1) is 25.1 Å². The minimum atomic E-state index is 0.733. The van der Waals surface area contributed by atoms with Gasteiger partial charge in [-0.1, -0.05) is 12.2 Å². The van der Waals surface area contributed by atoms with E-state index in [1.165, 1.54) is 0 Å². The summed E-state index contributed by atoms with van der Waals surface area (Å²) < 4.78 is 14.2. The number of furan rings is 1. The zero-order valence-electron chi connectivity index (χ0n) is 9.57. The highest BCUT2D eigenvalue weighted by molar-refractivity contribution is 5.03. The smallest absolute Gasteiger partial charge is 0.106 e. The Morgan fingerprint density at radius 3 is 1.29 bits per heavy atom. The maximum absolute atomic E-state index is 4.80. The maximum atomic E-state index is 4.80. The van der Waals surface area contributed by atoms with Crippen molar-refractivity contribution >= 4 is 0 Å². The molecule has 17 heavy (non-hydrogen) atoms. The van der Waals surface area contributed by atoms with Gasteiger partial charge < -0.3 is 13.9 Å². The molecule has 0 aromatic carbocycles. The number of ether oxygens (including phenoxy) is 2. The topological polar surface area (TPSA) is 31.6 Å². The molecule has 0 fully saturated rings. The maximum Gasteiger partial charge on any atom is 0.106 e. The molecule has 0 saturated heterocycles. The van der Waals surface area contributed by atoms with Gasteiger partial charge in [-0.3, -0.25) is 0 Å². The predicted octanol–water partition coefficient (Wildman–Crippen LogP) is 3.45. The summed E-state index contributed by atoms with van der Waals surface area (Å²) in [7, 11) is 0. The van der Waals surface area contributed by atoms with Gasteiger partial charge in [-0.05, 0) is 36.4 Å². The monoisotopic (exact) mass is 232 g/mol. The summed E-state index contributed by atoms with van der Waals surface area (Å²) >= 11 is 0. The molecule has 0 N–H and O–H groups in total. The van der Waals surface area contributed by atoms with E-state index in [9.17, 15) is 0 Å². The van der Waals surface area contributed by atoms with Crippen LogP contribution in [0.3, 0.4) is 0 Å². The zero-order valence-corrected chi connectivity index (χ0v) is 9.57. The van der Waals surface area contributed by atoms with Crippen LogP contribution in [0.5, 0.6) is 0 Å². The third-order valence-corrected chi connectivity index (χ3v) is 1.65. The fourth-order valence-electron chi connectivity index (χ4n) is 0.919. The van der Waals surface area contributed by atoms with Gasteiger partial charge in [0.1, 0.15) is 13.2 Å². The van der Waals surface area contributed by atoms with E-state index in [4.69, 9.17) is 9.47 Å². The summed E-state index contributed by atoms with van der Waals surface area (Å²) in [6.07, 6.45) is 18.2. The van der Waals surface area contributed by atoms with Crippen LogP contribution < -0.4 is 0 Å². The van der Waals surface area contributed by atoms with E-state index in [0.29, 0.717) is 0 Å². The normalized spacial score (nSPS) is 14.6. The number of hydrogen-bond donors (Lipinski definition) is 0. The van der Waals surface area contributed by atoms with Crippen molar-refractivity contribution in [3.8, 4) is 0 Å². The van der Waals surface area contributed by atoms with E-state index in [1.54, 1.807) is 25.1 Å². The summed E-state index contributed by atoms with van der Waals surface area (Å²) in [6.45, 7) is 1.47. The zero-order chi connectivity index (χ0) is 12.0. The van der Waals surface area contributed by atoms with Gasteiger partial charge in [0, 0.05) is 0 Å². The van der Waals surface area contributed by atoms with Crippen molar-refractivity contribution < 1.29 is 13.9 Å². The Kier molecular flexibility index (Phi) is 7.87. The molecule has 0 amide bonds. The van der Waals surface area contributed by atoms with Crippen LogP contribution in [0.15, 0.2) is 78.1 Å². The van der Waals surface area contributed by atoms with Gasteiger partial charge in [-0.15, -0.1) is 0 Å². The Labute approximate surface area is 101 Å². The number of rotatable bonds is 0. The molecule has 3 heteroatoms. The van der Waals surface area contributed by atoms with E-state index >= 15 is 0 Å². The number of allylic oxidation sites excluding steroid dienone is 4. The van der Waals surface area contributed by atoms with Crippen molar-refractivity contribution in [3.63, 3.8) is 0 Å². The lowest BCUT2D eigenvalue weighted by molar-refractivity contribution is 0.286. The van der Waals surface area contributed by atoms with Gasteiger partial charge in [-0.25, -0.2) is 0 Å². The van der Waals surface area contributed by atoms with Gasteiger partial charge in [0.25, 0.3) is 0 Å².